The molecule has 0 atom stereocenters. The molecule has 0 bridgehead atoms. The van der Waals surface area contributed by atoms with Crippen molar-refractivity contribution in [2.24, 2.45) is 5.92 Å². The van der Waals surface area contributed by atoms with E-state index in [0.717, 1.165) is 5.56 Å². The lowest BCUT2D eigenvalue weighted by molar-refractivity contribution is 0.411. The molecule has 0 aliphatic rings. The highest BCUT2D eigenvalue weighted by molar-refractivity contribution is 5.99. The van der Waals surface area contributed by atoms with Gasteiger partial charge in [0.15, 0.2) is 5.65 Å². The lowest BCUT2D eigenvalue weighted by Gasteiger charge is -2.11. The van der Waals surface area contributed by atoms with Crippen LogP contribution in [0.5, 0.6) is 5.75 Å². The molecule has 160 valence electrons. The molecule has 0 fully saturated rings. The second-order valence-electron chi connectivity index (χ2n) is 7.74. The zero-order valence-corrected chi connectivity index (χ0v) is 17.8. The number of methoxy groups -OCH3 is 1. The van der Waals surface area contributed by atoms with E-state index in [4.69, 9.17) is 10.5 Å². The highest BCUT2D eigenvalue weighted by atomic mass is 19.1. The van der Waals surface area contributed by atoms with Crippen LogP contribution in [0.25, 0.3) is 22.3 Å². The third kappa shape index (κ3) is 4.28. The molecule has 0 saturated heterocycles. The zero-order valence-electron chi connectivity index (χ0n) is 17.8. The third-order valence-electron chi connectivity index (χ3n) is 4.91. The van der Waals surface area contributed by atoms with Crippen molar-refractivity contribution < 1.29 is 9.13 Å². The summed E-state index contributed by atoms with van der Waals surface area (Å²) in [7, 11) is 1.50. The first-order valence-corrected chi connectivity index (χ1v) is 10.1. The number of ether oxygens (including phenoxy) is 1. The number of nitrogens with two attached hydrogens (primary N) is 1. The van der Waals surface area contributed by atoms with E-state index in [0.29, 0.717) is 58.8 Å². The first kappa shape index (κ1) is 20.6. The Morgan fingerprint density at radius 3 is 2.58 bits per heavy atom. The van der Waals surface area contributed by atoms with Gasteiger partial charge < -0.3 is 15.8 Å². The fraction of sp³-hybridized carbons (Fsp3) is 0.261. The summed E-state index contributed by atoms with van der Waals surface area (Å²) in [6.07, 6.45) is 0. The van der Waals surface area contributed by atoms with E-state index in [-0.39, 0.29) is 0 Å². The van der Waals surface area contributed by atoms with Crippen molar-refractivity contribution in [2.45, 2.75) is 20.4 Å². The van der Waals surface area contributed by atoms with Crippen LogP contribution in [0.2, 0.25) is 0 Å². The number of hydrogen-bond donors (Lipinski definition) is 2. The molecule has 0 spiro atoms. The molecule has 7 nitrogen and oxygen atoms in total. The molecule has 2 aromatic heterocycles. The lowest BCUT2D eigenvalue weighted by Crippen LogP contribution is -2.11. The Kier molecular flexibility index (Phi) is 5.70. The number of anilines is 2. The van der Waals surface area contributed by atoms with Gasteiger partial charge in [-0.2, -0.15) is 4.98 Å². The first-order valence-electron chi connectivity index (χ1n) is 10.1. The van der Waals surface area contributed by atoms with Crippen molar-refractivity contribution in [2.75, 3.05) is 24.7 Å². The summed E-state index contributed by atoms with van der Waals surface area (Å²) in [5, 5.41) is 8.33. The van der Waals surface area contributed by atoms with E-state index >= 15 is 0 Å². The Bertz CT molecular complexity index is 1210. The van der Waals surface area contributed by atoms with Crippen LogP contribution < -0.4 is 15.8 Å². The molecule has 0 aliphatic carbocycles. The second-order valence-corrected chi connectivity index (χ2v) is 7.74. The Hall–Kier alpha value is -3.68. The number of rotatable bonds is 7. The maximum absolute atomic E-state index is 15.0. The van der Waals surface area contributed by atoms with E-state index in [1.807, 2.05) is 30.3 Å². The fourth-order valence-corrected chi connectivity index (χ4v) is 3.32. The van der Waals surface area contributed by atoms with E-state index in [9.17, 15) is 4.39 Å². The maximum atomic E-state index is 15.0. The van der Waals surface area contributed by atoms with E-state index in [1.165, 1.54) is 13.2 Å². The smallest absolute Gasteiger partial charge is 0.225 e. The van der Waals surface area contributed by atoms with Gasteiger partial charge in [-0.05, 0) is 23.6 Å². The van der Waals surface area contributed by atoms with Crippen molar-refractivity contribution in [3.63, 3.8) is 0 Å². The zero-order chi connectivity index (χ0) is 22.0. The average molecular weight is 420 g/mol. The summed E-state index contributed by atoms with van der Waals surface area (Å²) in [6.45, 7) is 5.32. The molecular formula is C23H25FN6O. The number of hydrogen-bond acceptors (Lipinski definition) is 6. The van der Waals surface area contributed by atoms with Crippen molar-refractivity contribution >= 4 is 22.8 Å². The van der Waals surface area contributed by atoms with E-state index < -0.39 is 5.82 Å². The number of benzene rings is 2. The van der Waals surface area contributed by atoms with Gasteiger partial charge in [-0.3, -0.25) is 0 Å². The number of nitrogen functional groups attached to an aromatic ring is 1. The van der Waals surface area contributed by atoms with Crippen molar-refractivity contribution in [1.29, 1.82) is 0 Å². The molecule has 4 aromatic rings. The monoisotopic (exact) mass is 420 g/mol. The third-order valence-corrected chi connectivity index (χ3v) is 4.91. The minimum absolute atomic E-state index is 0.312. The summed E-state index contributed by atoms with van der Waals surface area (Å²) in [4.78, 5) is 9.14. The predicted octanol–water partition coefficient (Wildman–Crippen LogP) is 4.34. The molecule has 8 heteroatoms. The van der Waals surface area contributed by atoms with Crippen LogP contribution in [0.4, 0.5) is 16.2 Å². The summed E-state index contributed by atoms with van der Waals surface area (Å²) in [5.74, 6) is 1.14. The number of aromatic nitrogens is 4. The Balaban J connectivity index is 1.87. The Labute approximate surface area is 180 Å². The number of fused-ring (bicyclic) bond motifs is 1. The summed E-state index contributed by atoms with van der Waals surface area (Å²) in [5.41, 5.74) is 8.63. The van der Waals surface area contributed by atoms with Crippen LogP contribution in [-0.4, -0.2) is 33.4 Å². The normalized spacial score (nSPS) is 11.3. The highest BCUT2D eigenvalue weighted by Gasteiger charge is 2.21. The van der Waals surface area contributed by atoms with Crippen LogP contribution in [0.3, 0.4) is 0 Å². The van der Waals surface area contributed by atoms with Gasteiger partial charge in [0.25, 0.3) is 0 Å². The van der Waals surface area contributed by atoms with Crippen LogP contribution >= 0.6 is 0 Å². The van der Waals surface area contributed by atoms with E-state index in [1.54, 1.807) is 16.8 Å². The fourth-order valence-electron chi connectivity index (χ4n) is 3.32. The molecule has 3 N–H and O–H groups in total. The van der Waals surface area contributed by atoms with Gasteiger partial charge >= 0.3 is 0 Å². The topological polar surface area (TPSA) is 90.9 Å². The molecule has 2 heterocycles. The minimum atomic E-state index is -0.454. The Morgan fingerprint density at radius 2 is 1.90 bits per heavy atom. The van der Waals surface area contributed by atoms with Gasteiger partial charge in [-0.15, -0.1) is 5.10 Å². The van der Waals surface area contributed by atoms with Gasteiger partial charge in [0.2, 0.25) is 5.95 Å². The van der Waals surface area contributed by atoms with Gasteiger partial charge in [0, 0.05) is 18.2 Å². The van der Waals surface area contributed by atoms with Crippen LogP contribution in [0.15, 0.2) is 48.5 Å². The summed E-state index contributed by atoms with van der Waals surface area (Å²) < 4.78 is 21.8. The Morgan fingerprint density at radius 1 is 1.13 bits per heavy atom. The number of nitrogens with one attached hydrogen (secondary N) is 1. The van der Waals surface area contributed by atoms with Crippen molar-refractivity contribution in [3.8, 4) is 17.0 Å². The molecule has 2 aromatic carbocycles. The number of halogens is 1. The molecular weight excluding hydrogens is 395 g/mol. The van der Waals surface area contributed by atoms with E-state index in [2.05, 4.69) is 34.2 Å². The maximum Gasteiger partial charge on any atom is 0.225 e. The molecule has 31 heavy (non-hydrogen) atoms. The molecule has 0 radical (unpaired) electrons. The molecule has 0 amide bonds. The van der Waals surface area contributed by atoms with Crippen molar-refractivity contribution in [1.82, 2.24) is 19.7 Å². The minimum Gasteiger partial charge on any atom is -0.497 e. The average Bonchev–Trinajstić information content (AvgIpc) is 3.07. The van der Waals surface area contributed by atoms with Crippen LogP contribution in [-0.2, 0) is 6.54 Å². The standard InChI is InChI=1S/C23H25FN6O/c1-14(2)12-26-23-27-20(17-10-9-16(31-3)11-18(17)24)19-21(25)30(29-22(19)28-23)13-15-7-5-4-6-8-15/h4-11,14H,12-13,25H2,1-3H3,(H,26,28,29). The first-order chi connectivity index (χ1) is 15.0. The van der Waals surface area contributed by atoms with Crippen LogP contribution in [0, 0.1) is 11.7 Å². The van der Waals surface area contributed by atoms with Gasteiger partial charge in [-0.25, -0.2) is 14.1 Å². The van der Waals surface area contributed by atoms with Gasteiger partial charge in [0.1, 0.15) is 17.4 Å². The second kappa shape index (κ2) is 8.59. The van der Waals surface area contributed by atoms with Crippen LogP contribution in [0.1, 0.15) is 19.4 Å². The molecule has 4 rings (SSSR count). The molecule has 0 aliphatic heterocycles. The predicted molar refractivity (Wildman–Crippen MR) is 121 cm³/mol. The quantitative estimate of drug-likeness (QED) is 0.462. The largest absolute Gasteiger partial charge is 0.497 e. The van der Waals surface area contributed by atoms with Gasteiger partial charge in [0.05, 0.1) is 24.7 Å². The van der Waals surface area contributed by atoms with Crippen molar-refractivity contribution in [3.05, 3.63) is 59.9 Å². The highest BCUT2D eigenvalue weighted by Crippen LogP contribution is 2.34. The SMILES string of the molecule is COc1ccc(-c2nc(NCC(C)C)nc3nn(Cc4ccccc4)c(N)c23)c(F)c1. The molecule has 0 saturated carbocycles. The number of nitrogens with zero attached hydrogens (tertiary/aromatic N) is 4. The summed E-state index contributed by atoms with van der Waals surface area (Å²) in [6, 6.07) is 14.5. The van der Waals surface area contributed by atoms with Gasteiger partial charge in [-0.1, -0.05) is 44.2 Å². The molecule has 0 unspecified atom stereocenters. The summed E-state index contributed by atoms with van der Waals surface area (Å²) >= 11 is 0. The lowest BCUT2D eigenvalue weighted by atomic mass is 10.1.